The topological polar surface area (TPSA) is 101 Å². The Morgan fingerprint density at radius 3 is 2.49 bits per heavy atom. The minimum Gasteiger partial charge on any atom is -0.312 e. The monoisotopic (exact) mass is 492 g/mol. The Morgan fingerprint density at radius 2 is 1.77 bits per heavy atom. The fraction of sp³-hybridized carbons (Fsp3) is 0.346. The van der Waals surface area contributed by atoms with E-state index in [1.165, 1.54) is 0 Å². The normalized spacial score (nSPS) is 18.7. The van der Waals surface area contributed by atoms with E-state index in [1.54, 1.807) is 9.58 Å². The summed E-state index contributed by atoms with van der Waals surface area (Å²) >= 11 is 0. The molecule has 3 heterocycles. The van der Waals surface area contributed by atoms with Crippen LogP contribution in [-0.2, 0) is 30.9 Å². The summed E-state index contributed by atoms with van der Waals surface area (Å²) in [5.41, 5.74) is 6.80. The largest absolute Gasteiger partial charge is 0.312 e. The molecule has 2 aliphatic heterocycles. The number of sulfone groups is 1. The van der Waals surface area contributed by atoms with E-state index in [1.807, 2.05) is 64.1 Å². The van der Waals surface area contributed by atoms with Crippen LogP contribution >= 0.6 is 0 Å². The number of rotatable bonds is 4. The Bertz CT molecular complexity index is 1490. The van der Waals surface area contributed by atoms with Gasteiger partial charge in [-0.25, -0.2) is 13.1 Å². The molecule has 1 fully saturated rings. The van der Waals surface area contributed by atoms with Gasteiger partial charge in [0.1, 0.15) is 5.82 Å². The Balaban J connectivity index is 1.45. The first-order valence-electron chi connectivity index (χ1n) is 11.6. The first-order chi connectivity index (χ1) is 16.5. The van der Waals surface area contributed by atoms with E-state index in [9.17, 15) is 18.0 Å². The van der Waals surface area contributed by atoms with Gasteiger partial charge in [-0.15, -0.1) is 0 Å². The zero-order valence-corrected chi connectivity index (χ0v) is 21.1. The van der Waals surface area contributed by atoms with Crippen LogP contribution in [0.4, 0.5) is 11.5 Å². The lowest BCUT2D eigenvalue weighted by Crippen LogP contribution is -2.29. The van der Waals surface area contributed by atoms with E-state index in [4.69, 9.17) is 0 Å². The summed E-state index contributed by atoms with van der Waals surface area (Å²) in [7, 11) is -3.31. The van der Waals surface area contributed by atoms with Gasteiger partial charge in [0.2, 0.25) is 11.8 Å². The number of carbonyl (C=O) groups is 2. The van der Waals surface area contributed by atoms with Gasteiger partial charge >= 0.3 is 0 Å². The van der Waals surface area contributed by atoms with Crippen molar-refractivity contribution in [1.29, 1.82) is 0 Å². The number of aryl methyl sites for hydroxylation is 4. The van der Waals surface area contributed by atoms with Crippen molar-refractivity contribution in [2.24, 2.45) is 5.92 Å². The van der Waals surface area contributed by atoms with Crippen molar-refractivity contribution in [3.63, 3.8) is 0 Å². The first-order valence-corrected chi connectivity index (χ1v) is 13.4. The van der Waals surface area contributed by atoms with Crippen molar-refractivity contribution in [3.05, 3.63) is 69.9 Å². The van der Waals surface area contributed by atoms with Crippen LogP contribution in [0.25, 0.3) is 5.69 Å². The summed E-state index contributed by atoms with van der Waals surface area (Å²) in [5.74, 6) is -0.922. The summed E-state index contributed by atoms with van der Waals surface area (Å²) in [5, 5.41) is 7.51. The number of aromatic nitrogens is 2. The quantitative estimate of drug-likeness (QED) is 0.601. The standard InChI is InChI=1S/C26H28N4O4S/c1-15-5-8-23(18(4)9-15)30-25(21-13-35(33,34)14-22(21)28-30)27-26(32)19-11-24(31)29(12-19)20-7-6-16(2)17(3)10-20/h5-10,19H,11-14H2,1-4H3,(H,27,32). The Morgan fingerprint density at radius 1 is 1.00 bits per heavy atom. The van der Waals surface area contributed by atoms with Crippen LogP contribution < -0.4 is 10.2 Å². The lowest BCUT2D eigenvalue weighted by atomic mass is 10.1. The molecule has 0 saturated carbocycles. The molecule has 8 nitrogen and oxygen atoms in total. The second-order valence-corrected chi connectivity index (χ2v) is 11.7. The Kier molecular flexibility index (Phi) is 5.55. The van der Waals surface area contributed by atoms with Gasteiger partial charge in [-0.3, -0.25) is 9.59 Å². The maximum absolute atomic E-state index is 13.4. The van der Waals surface area contributed by atoms with Gasteiger partial charge < -0.3 is 10.2 Å². The molecular weight excluding hydrogens is 464 g/mol. The predicted octanol–water partition coefficient (Wildman–Crippen LogP) is 3.53. The maximum Gasteiger partial charge on any atom is 0.230 e. The molecular formula is C26H28N4O4S. The number of hydrogen-bond acceptors (Lipinski definition) is 5. The number of anilines is 2. The molecule has 9 heteroatoms. The number of amides is 2. The van der Waals surface area contributed by atoms with Gasteiger partial charge in [0.05, 0.1) is 28.8 Å². The lowest BCUT2D eigenvalue weighted by molar-refractivity contribution is -0.122. The number of hydrogen-bond donors (Lipinski definition) is 1. The molecule has 35 heavy (non-hydrogen) atoms. The molecule has 182 valence electrons. The lowest BCUT2D eigenvalue weighted by Gasteiger charge is -2.18. The van der Waals surface area contributed by atoms with Crippen molar-refractivity contribution in [1.82, 2.24) is 9.78 Å². The summed E-state index contributed by atoms with van der Waals surface area (Å²) in [6.07, 6.45) is 0.0942. The highest BCUT2D eigenvalue weighted by Gasteiger charge is 2.38. The van der Waals surface area contributed by atoms with Gasteiger partial charge in [-0.1, -0.05) is 23.8 Å². The molecule has 0 aliphatic carbocycles. The average molecular weight is 493 g/mol. The fourth-order valence-corrected chi connectivity index (χ4v) is 6.33. The number of nitrogens with zero attached hydrogens (tertiary/aromatic N) is 3. The van der Waals surface area contributed by atoms with Crippen LogP contribution in [0.15, 0.2) is 36.4 Å². The van der Waals surface area contributed by atoms with Crippen molar-refractivity contribution in [2.75, 3.05) is 16.8 Å². The molecule has 0 spiro atoms. The van der Waals surface area contributed by atoms with Gasteiger partial charge in [0.15, 0.2) is 9.84 Å². The number of fused-ring (bicyclic) bond motifs is 1. The molecule has 5 rings (SSSR count). The van der Waals surface area contributed by atoms with Gasteiger partial charge in [0.25, 0.3) is 0 Å². The van der Waals surface area contributed by atoms with Crippen molar-refractivity contribution >= 4 is 33.2 Å². The number of carbonyl (C=O) groups excluding carboxylic acids is 2. The molecule has 1 saturated heterocycles. The smallest absolute Gasteiger partial charge is 0.230 e. The highest BCUT2D eigenvalue weighted by Crippen LogP contribution is 2.35. The van der Waals surface area contributed by atoms with Crippen molar-refractivity contribution in [3.8, 4) is 5.69 Å². The summed E-state index contributed by atoms with van der Waals surface area (Å²) in [4.78, 5) is 27.8. The molecule has 1 aromatic heterocycles. The SMILES string of the molecule is Cc1ccc(-n2nc3c(c2NC(=O)C2CC(=O)N(c4ccc(C)c(C)c4)C2)CS(=O)(=O)C3)c(C)c1. The molecule has 3 aromatic rings. The molecule has 1 atom stereocenters. The average Bonchev–Trinajstić information content (AvgIpc) is 3.40. The van der Waals surface area contributed by atoms with Crippen LogP contribution in [0.3, 0.4) is 0 Å². The minimum atomic E-state index is -3.31. The highest BCUT2D eigenvalue weighted by atomic mass is 32.2. The van der Waals surface area contributed by atoms with Crippen molar-refractivity contribution in [2.45, 2.75) is 45.6 Å². The van der Waals surface area contributed by atoms with Crippen LogP contribution in [0.1, 0.15) is 39.9 Å². The van der Waals surface area contributed by atoms with Gasteiger partial charge in [-0.05, 0) is 62.6 Å². The third-order valence-electron chi connectivity index (χ3n) is 6.91. The second-order valence-electron chi connectivity index (χ2n) is 9.67. The van der Waals surface area contributed by atoms with E-state index >= 15 is 0 Å². The van der Waals surface area contributed by atoms with Crippen LogP contribution in [-0.4, -0.2) is 36.6 Å². The maximum atomic E-state index is 13.4. The van der Waals surface area contributed by atoms with E-state index in [0.29, 0.717) is 17.1 Å². The van der Waals surface area contributed by atoms with Crippen LogP contribution in [0, 0.1) is 33.6 Å². The first kappa shape index (κ1) is 23.3. The van der Waals surface area contributed by atoms with Gasteiger partial charge in [-0.2, -0.15) is 5.10 Å². The molecule has 0 radical (unpaired) electrons. The number of nitrogens with one attached hydrogen (secondary N) is 1. The molecule has 1 N–H and O–H groups in total. The third kappa shape index (κ3) is 4.25. The molecule has 2 aromatic carbocycles. The number of benzene rings is 2. The van der Waals surface area contributed by atoms with Crippen LogP contribution in [0.5, 0.6) is 0 Å². The third-order valence-corrected chi connectivity index (χ3v) is 8.35. The van der Waals surface area contributed by atoms with E-state index < -0.39 is 15.8 Å². The molecule has 2 aliphatic rings. The van der Waals surface area contributed by atoms with Crippen molar-refractivity contribution < 1.29 is 18.0 Å². The van der Waals surface area contributed by atoms with E-state index in [-0.39, 0.29) is 36.3 Å². The summed E-state index contributed by atoms with van der Waals surface area (Å²) in [6.45, 7) is 8.22. The van der Waals surface area contributed by atoms with Gasteiger partial charge in [0, 0.05) is 24.2 Å². The summed E-state index contributed by atoms with van der Waals surface area (Å²) in [6, 6.07) is 11.7. The van der Waals surface area contributed by atoms with E-state index in [2.05, 4.69) is 10.4 Å². The zero-order valence-electron chi connectivity index (χ0n) is 20.3. The molecule has 2 amide bonds. The zero-order chi connectivity index (χ0) is 25.1. The Hall–Kier alpha value is -3.46. The summed E-state index contributed by atoms with van der Waals surface area (Å²) < 4.78 is 26.2. The molecule has 0 bridgehead atoms. The second kappa shape index (κ2) is 8.34. The highest BCUT2D eigenvalue weighted by molar-refractivity contribution is 7.90. The minimum absolute atomic E-state index is 0.0942. The van der Waals surface area contributed by atoms with Crippen LogP contribution in [0.2, 0.25) is 0 Å². The predicted molar refractivity (Wildman–Crippen MR) is 134 cm³/mol. The molecule has 1 unspecified atom stereocenters. The Labute approximate surface area is 204 Å². The van der Waals surface area contributed by atoms with E-state index in [0.717, 1.165) is 33.6 Å². The fourth-order valence-electron chi connectivity index (χ4n) is 4.83.